The number of amides is 1. The van der Waals surface area contributed by atoms with Crippen LogP contribution in [0, 0.1) is 0 Å². The number of nitrogens with one attached hydrogen (secondary N) is 1. The van der Waals surface area contributed by atoms with Gasteiger partial charge in [0.1, 0.15) is 12.4 Å². The van der Waals surface area contributed by atoms with E-state index in [0.29, 0.717) is 11.0 Å². The number of hydrogen-bond acceptors (Lipinski definition) is 3. The number of halogens is 4. The lowest BCUT2D eigenvalue weighted by Crippen LogP contribution is -2.17. The molecule has 0 radical (unpaired) electrons. The summed E-state index contributed by atoms with van der Waals surface area (Å²) < 4.78 is 44.0. The maximum absolute atomic E-state index is 11.9. The molecule has 0 aliphatic rings. The second-order valence-electron chi connectivity index (χ2n) is 3.02. The zero-order chi connectivity index (χ0) is 13.6. The van der Waals surface area contributed by atoms with Gasteiger partial charge >= 0.3 is 12.5 Å². The zero-order valence-corrected chi connectivity index (χ0v) is 10.5. The summed E-state index contributed by atoms with van der Waals surface area (Å²) in [5.74, 6) is -0.359. The fraction of sp³-hybridized carbons (Fsp3) is 0.300. The van der Waals surface area contributed by atoms with E-state index >= 15 is 0 Å². The predicted octanol–water partition coefficient (Wildman–Crippen LogP) is 3.53. The van der Waals surface area contributed by atoms with E-state index in [9.17, 15) is 18.0 Å². The van der Waals surface area contributed by atoms with Gasteiger partial charge in [0.05, 0.1) is 0 Å². The van der Waals surface area contributed by atoms with E-state index in [1.165, 1.54) is 12.1 Å². The van der Waals surface area contributed by atoms with Gasteiger partial charge in [-0.25, -0.2) is 4.79 Å². The van der Waals surface area contributed by atoms with Crippen LogP contribution >= 0.6 is 15.9 Å². The third kappa shape index (κ3) is 5.76. The summed E-state index contributed by atoms with van der Waals surface area (Å²) >= 11 is 3.07. The smallest absolute Gasteiger partial charge is 0.448 e. The molecule has 0 saturated carbocycles. The number of alkyl halides is 4. The lowest BCUT2D eigenvalue weighted by atomic mass is 10.3. The van der Waals surface area contributed by atoms with Gasteiger partial charge in [-0.1, -0.05) is 15.9 Å². The van der Waals surface area contributed by atoms with Gasteiger partial charge in [-0.05, 0) is 24.3 Å². The van der Waals surface area contributed by atoms with Crippen molar-refractivity contribution in [1.29, 1.82) is 0 Å². The van der Waals surface area contributed by atoms with Gasteiger partial charge in [-0.3, -0.25) is 5.32 Å². The van der Waals surface area contributed by atoms with Gasteiger partial charge in [-0.2, -0.15) is 0 Å². The van der Waals surface area contributed by atoms with E-state index in [1.54, 1.807) is 0 Å². The van der Waals surface area contributed by atoms with Crippen molar-refractivity contribution in [3.8, 4) is 5.75 Å². The maximum Gasteiger partial charge on any atom is 0.573 e. The Kier molecular flexibility index (Phi) is 5.26. The molecule has 0 aliphatic carbocycles. The third-order valence-electron chi connectivity index (χ3n) is 1.64. The molecule has 1 aromatic rings. The average molecular weight is 328 g/mol. The van der Waals surface area contributed by atoms with Crippen molar-refractivity contribution < 1.29 is 27.4 Å². The first-order chi connectivity index (χ1) is 8.40. The van der Waals surface area contributed by atoms with E-state index in [2.05, 4.69) is 26.0 Å². The molecule has 4 nitrogen and oxygen atoms in total. The SMILES string of the molecule is O=C(Nc1ccc(OC(F)(F)F)cc1)OCCBr. The van der Waals surface area contributed by atoms with E-state index in [4.69, 9.17) is 4.74 Å². The molecular weight excluding hydrogens is 319 g/mol. The Hall–Kier alpha value is -1.44. The van der Waals surface area contributed by atoms with Gasteiger partial charge in [0.2, 0.25) is 0 Å². The molecule has 0 spiro atoms. The zero-order valence-electron chi connectivity index (χ0n) is 8.96. The quantitative estimate of drug-likeness (QED) is 0.860. The number of carbonyl (C=O) groups is 1. The van der Waals surface area contributed by atoms with Crippen LogP contribution in [0.15, 0.2) is 24.3 Å². The first kappa shape index (κ1) is 14.6. The number of ether oxygens (including phenoxy) is 2. The molecule has 1 N–H and O–H groups in total. The van der Waals surface area contributed by atoms with Crippen molar-refractivity contribution in [3.63, 3.8) is 0 Å². The molecule has 0 unspecified atom stereocenters. The first-order valence-electron chi connectivity index (χ1n) is 4.76. The molecule has 100 valence electrons. The molecule has 0 aliphatic heterocycles. The molecule has 0 saturated heterocycles. The van der Waals surface area contributed by atoms with Gasteiger partial charge in [-0.15, -0.1) is 13.2 Å². The Balaban J connectivity index is 2.52. The van der Waals surface area contributed by atoms with Crippen LogP contribution in [0.2, 0.25) is 0 Å². The molecule has 0 heterocycles. The molecule has 18 heavy (non-hydrogen) atoms. The Morgan fingerprint density at radius 3 is 2.39 bits per heavy atom. The van der Waals surface area contributed by atoms with Crippen LogP contribution in [0.5, 0.6) is 5.75 Å². The standard InChI is InChI=1S/C10H9BrF3NO3/c11-5-6-17-9(16)15-7-1-3-8(4-2-7)18-10(12,13)14/h1-4H,5-6H2,(H,15,16). The highest BCUT2D eigenvalue weighted by molar-refractivity contribution is 9.09. The number of benzene rings is 1. The average Bonchev–Trinajstić information content (AvgIpc) is 2.27. The summed E-state index contributed by atoms with van der Waals surface area (Å²) in [6.45, 7) is 0.196. The van der Waals surface area contributed by atoms with Crippen LogP contribution in [0.1, 0.15) is 0 Å². The molecule has 0 bridgehead atoms. The summed E-state index contributed by atoms with van der Waals surface area (Å²) in [6, 6.07) is 4.73. The highest BCUT2D eigenvalue weighted by atomic mass is 79.9. The van der Waals surface area contributed by atoms with Crippen LogP contribution in [0.25, 0.3) is 0 Å². The topological polar surface area (TPSA) is 47.6 Å². The van der Waals surface area contributed by atoms with E-state index in [-0.39, 0.29) is 12.4 Å². The fourth-order valence-electron chi connectivity index (χ4n) is 1.03. The molecule has 1 rings (SSSR count). The second kappa shape index (κ2) is 6.48. The minimum Gasteiger partial charge on any atom is -0.448 e. The Morgan fingerprint density at radius 2 is 1.89 bits per heavy atom. The number of anilines is 1. The summed E-state index contributed by atoms with van der Waals surface area (Å²) in [5, 5.41) is 2.85. The van der Waals surface area contributed by atoms with Crippen molar-refractivity contribution in [2.45, 2.75) is 6.36 Å². The van der Waals surface area contributed by atoms with Crippen molar-refractivity contribution >= 4 is 27.7 Å². The summed E-state index contributed by atoms with van der Waals surface area (Å²) in [7, 11) is 0. The summed E-state index contributed by atoms with van der Waals surface area (Å²) in [5.41, 5.74) is 0.309. The third-order valence-corrected chi connectivity index (χ3v) is 1.97. The normalized spacial score (nSPS) is 10.9. The van der Waals surface area contributed by atoms with Gasteiger partial charge in [0, 0.05) is 11.0 Å². The largest absolute Gasteiger partial charge is 0.573 e. The molecule has 0 atom stereocenters. The molecule has 0 fully saturated rings. The van der Waals surface area contributed by atoms with E-state index < -0.39 is 12.5 Å². The fourth-order valence-corrected chi connectivity index (χ4v) is 1.19. The highest BCUT2D eigenvalue weighted by Crippen LogP contribution is 2.23. The van der Waals surface area contributed by atoms with Crippen LogP contribution in [0.4, 0.5) is 23.7 Å². The summed E-state index contributed by atoms with van der Waals surface area (Å²) in [6.07, 6.45) is -5.41. The maximum atomic E-state index is 11.9. The van der Waals surface area contributed by atoms with Crippen molar-refractivity contribution in [2.24, 2.45) is 0 Å². The Bertz CT molecular complexity index is 394. The van der Waals surface area contributed by atoms with Crippen molar-refractivity contribution in [3.05, 3.63) is 24.3 Å². The van der Waals surface area contributed by atoms with E-state index in [0.717, 1.165) is 12.1 Å². The van der Waals surface area contributed by atoms with Gasteiger partial charge < -0.3 is 9.47 Å². The Labute approximate surface area is 109 Å². The van der Waals surface area contributed by atoms with Crippen LogP contribution in [-0.4, -0.2) is 24.4 Å². The highest BCUT2D eigenvalue weighted by Gasteiger charge is 2.30. The lowest BCUT2D eigenvalue weighted by Gasteiger charge is -2.09. The molecule has 1 amide bonds. The summed E-state index contributed by atoms with van der Waals surface area (Å²) in [4.78, 5) is 11.1. The van der Waals surface area contributed by atoms with Crippen LogP contribution < -0.4 is 10.1 Å². The van der Waals surface area contributed by atoms with Crippen LogP contribution in [-0.2, 0) is 4.74 Å². The van der Waals surface area contributed by atoms with Crippen molar-refractivity contribution in [2.75, 3.05) is 17.3 Å². The second-order valence-corrected chi connectivity index (χ2v) is 3.82. The monoisotopic (exact) mass is 327 g/mol. The van der Waals surface area contributed by atoms with Gasteiger partial charge in [0.25, 0.3) is 0 Å². The first-order valence-corrected chi connectivity index (χ1v) is 5.88. The minimum atomic E-state index is -4.73. The minimum absolute atomic E-state index is 0.196. The van der Waals surface area contributed by atoms with Crippen molar-refractivity contribution in [1.82, 2.24) is 0 Å². The predicted molar refractivity (Wildman–Crippen MR) is 61.9 cm³/mol. The molecular formula is C10H9BrF3NO3. The molecule has 1 aromatic carbocycles. The number of rotatable bonds is 4. The number of carbonyl (C=O) groups excluding carboxylic acids is 1. The van der Waals surface area contributed by atoms with E-state index in [1.807, 2.05) is 0 Å². The number of hydrogen-bond donors (Lipinski definition) is 1. The Morgan fingerprint density at radius 1 is 1.28 bits per heavy atom. The van der Waals surface area contributed by atoms with Gasteiger partial charge in [0.15, 0.2) is 0 Å². The lowest BCUT2D eigenvalue weighted by molar-refractivity contribution is -0.274. The molecule has 8 heteroatoms. The molecule has 0 aromatic heterocycles. The van der Waals surface area contributed by atoms with Crippen LogP contribution in [0.3, 0.4) is 0 Å².